The van der Waals surface area contributed by atoms with Crippen molar-refractivity contribution < 1.29 is 9.13 Å². The van der Waals surface area contributed by atoms with Crippen molar-refractivity contribution in [3.8, 4) is 5.75 Å². The molecule has 0 saturated carbocycles. The maximum absolute atomic E-state index is 12.7. The van der Waals surface area contributed by atoms with E-state index in [0.717, 1.165) is 0 Å². The number of nitrogens with two attached hydrogens (primary N) is 1. The van der Waals surface area contributed by atoms with Crippen molar-refractivity contribution in [2.75, 3.05) is 6.54 Å². The second-order valence-corrected chi connectivity index (χ2v) is 4.05. The van der Waals surface area contributed by atoms with E-state index in [-0.39, 0.29) is 10.8 Å². The van der Waals surface area contributed by atoms with E-state index < -0.39 is 5.60 Å². The fraction of sp³-hybridized carbons (Fsp3) is 0.400. The number of hydrogen-bond acceptors (Lipinski definition) is 2. The average molecular weight is 218 g/mol. The van der Waals surface area contributed by atoms with Crippen LogP contribution in [-0.4, -0.2) is 12.1 Å². The first-order valence-corrected chi connectivity index (χ1v) is 4.66. The third-order valence-corrected chi connectivity index (χ3v) is 2.07. The molecule has 0 spiro atoms. The molecule has 1 aromatic carbocycles. The largest absolute Gasteiger partial charge is 0.485 e. The summed E-state index contributed by atoms with van der Waals surface area (Å²) in [4.78, 5) is 0. The molecule has 2 N–H and O–H groups in total. The highest BCUT2D eigenvalue weighted by Crippen LogP contribution is 2.27. The Bertz CT molecular complexity index is 328. The van der Waals surface area contributed by atoms with E-state index in [1.807, 2.05) is 13.8 Å². The van der Waals surface area contributed by atoms with Crippen molar-refractivity contribution in [1.82, 2.24) is 0 Å². The highest BCUT2D eigenvalue weighted by Gasteiger charge is 2.18. The van der Waals surface area contributed by atoms with E-state index in [1.165, 1.54) is 18.2 Å². The van der Waals surface area contributed by atoms with Crippen molar-refractivity contribution >= 4 is 11.6 Å². The minimum absolute atomic E-state index is 0.256. The molecule has 0 heterocycles. The van der Waals surface area contributed by atoms with Crippen LogP contribution in [0.5, 0.6) is 5.75 Å². The van der Waals surface area contributed by atoms with Gasteiger partial charge in [0.15, 0.2) is 0 Å². The predicted molar refractivity (Wildman–Crippen MR) is 55.2 cm³/mol. The summed E-state index contributed by atoms with van der Waals surface area (Å²) in [6.45, 7) is 4.04. The molecule has 2 nitrogen and oxygen atoms in total. The first kappa shape index (κ1) is 11.3. The maximum Gasteiger partial charge on any atom is 0.138 e. The zero-order chi connectivity index (χ0) is 10.8. The molecule has 0 radical (unpaired) electrons. The number of hydrogen-bond donors (Lipinski definition) is 1. The van der Waals surface area contributed by atoms with Crippen LogP contribution in [0.1, 0.15) is 13.8 Å². The van der Waals surface area contributed by atoms with Crippen LogP contribution in [0, 0.1) is 5.82 Å². The highest BCUT2D eigenvalue weighted by molar-refractivity contribution is 6.32. The van der Waals surface area contributed by atoms with E-state index in [1.54, 1.807) is 0 Å². The van der Waals surface area contributed by atoms with Crippen molar-refractivity contribution in [3.05, 3.63) is 29.0 Å². The summed E-state index contributed by atoms with van der Waals surface area (Å²) in [6.07, 6.45) is 0. The topological polar surface area (TPSA) is 35.2 Å². The molecule has 0 unspecified atom stereocenters. The van der Waals surface area contributed by atoms with Gasteiger partial charge < -0.3 is 10.5 Å². The average Bonchev–Trinajstić information content (AvgIpc) is 2.10. The van der Waals surface area contributed by atoms with Crippen LogP contribution >= 0.6 is 11.6 Å². The SMILES string of the molecule is CC(C)(CN)Oc1ccc(F)cc1Cl. The van der Waals surface area contributed by atoms with E-state index in [0.29, 0.717) is 12.3 Å². The Hall–Kier alpha value is -0.800. The van der Waals surface area contributed by atoms with Gasteiger partial charge in [-0.3, -0.25) is 0 Å². The molecule has 14 heavy (non-hydrogen) atoms. The minimum Gasteiger partial charge on any atom is -0.485 e. The van der Waals surface area contributed by atoms with Crippen LogP contribution in [0.25, 0.3) is 0 Å². The summed E-state index contributed by atoms with van der Waals surface area (Å²) in [5, 5.41) is 0.256. The standard InChI is InChI=1S/C10H13ClFNO/c1-10(2,6-13)14-9-4-3-7(12)5-8(9)11/h3-5H,6,13H2,1-2H3. The van der Waals surface area contributed by atoms with Gasteiger partial charge in [-0.1, -0.05) is 11.6 Å². The number of ether oxygens (including phenoxy) is 1. The van der Waals surface area contributed by atoms with E-state index >= 15 is 0 Å². The lowest BCUT2D eigenvalue weighted by Gasteiger charge is -2.25. The van der Waals surface area contributed by atoms with Crippen molar-refractivity contribution in [2.24, 2.45) is 5.73 Å². The van der Waals surface area contributed by atoms with Gasteiger partial charge in [-0.25, -0.2) is 4.39 Å². The monoisotopic (exact) mass is 217 g/mol. The van der Waals surface area contributed by atoms with Crippen LogP contribution in [0.15, 0.2) is 18.2 Å². The molecule has 1 rings (SSSR count). The summed E-state index contributed by atoms with van der Waals surface area (Å²) in [5.41, 5.74) is 4.99. The zero-order valence-electron chi connectivity index (χ0n) is 8.18. The summed E-state index contributed by atoms with van der Waals surface area (Å²) in [5.74, 6) is 0.0661. The fourth-order valence-electron chi connectivity index (χ4n) is 0.897. The molecule has 0 aliphatic heterocycles. The van der Waals surface area contributed by atoms with Crippen LogP contribution in [0.4, 0.5) is 4.39 Å². The summed E-state index contributed by atoms with van der Waals surface area (Å²) >= 11 is 5.79. The van der Waals surface area contributed by atoms with Crippen LogP contribution < -0.4 is 10.5 Å². The second-order valence-electron chi connectivity index (χ2n) is 3.64. The molecule has 1 aromatic rings. The van der Waals surface area contributed by atoms with E-state index in [4.69, 9.17) is 22.1 Å². The summed E-state index contributed by atoms with van der Waals surface area (Å²) in [7, 11) is 0. The molecule has 0 amide bonds. The Morgan fingerprint density at radius 1 is 1.50 bits per heavy atom. The zero-order valence-corrected chi connectivity index (χ0v) is 8.94. The highest BCUT2D eigenvalue weighted by atomic mass is 35.5. The summed E-state index contributed by atoms with van der Waals surface area (Å²) < 4.78 is 18.2. The van der Waals surface area contributed by atoms with Crippen molar-refractivity contribution in [2.45, 2.75) is 19.4 Å². The molecule has 4 heteroatoms. The Morgan fingerprint density at radius 3 is 2.64 bits per heavy atom. The minimum atomic E-state index is -0.499. The number of rotatable bonds is 3. The molecule has 78 valence electrons. The Kier molecular flexibility index (Phi) is 3.34. The van der Waals surface area contributed by atoms with E-state index in [9.17, 15) is 4.39 Å². The predicted octanol–water partition coefficient (Wildman–Crippen LogP) is 2.60. The molecule has 0 fully saturated rings. The Labute approximate surface area is 87.8 Å². The molecular weight excluding hydrogens is 205 g/mol. The third-order valence-electron chi connectivity index (χ3n) is 1.77. The van der Waals surface area contributed by atoms with Crippen LogP contribution in [0.2, 0.25) is 5.02 Å². The van der Waals surface area contributed by atoms with Gasteiger partial charge in [0, 0.05) is 6.54 Å². The molecule has 0 aliphatic carbocycles. The van der Waals surface area contributed by atoms with Gasteiger partial charge in [-0.15, -0.1) is 0 Å². The van der Waals surface area contributed by atoms with Gasteiger partial charge in [-0.05, 0) is 32.0 Å². The van der Waals surface area contributed by atoms with Crippen LogP contribution in [0.3, 0.4) is 0 Å². The second kappa shape index (κ2) is 4.15. The number of halogens is 2. The Morgan fingerprint density at radius 2 is 2.14 bits per heavy atom. The molecular formula is C10H13ClFNO. The summed E-state index contributed by atoms with van der Waals surface area (Å²) in [6, 6.07) is 4.01. The van der Waals surface area contributed by atoms with Crippen molar-refractivity contribution in [3.63, 3.8) is 0 Å². The third kappa shape index (κ3) is 2.86. The van der Waals surface area contributed by atoms with Crippen molar-refractivity contribution in [1.29, 1.82) is 0 Å². The Balaban J connectivity index is 2.87. The van der Waals surface area contributed by atoms with Crippen LogP contribution in [-0.2, 0) is 0 Å². The van der Waals surface area contributed by atoms with Gasteiger partial charge in [0.05, 0.1) is 5.02 Å². The van der Waals surface area contributed by atoms with Gasteiger partial charge >= 0.3 is 0 Å². The fourth-order valence-corrected chi connectivity index (χ4v) is 1.10. The molecule has 0 bridgehead atoms. The van der Waals surface area contributed by atoms with Gasteiger partial charge in [0.2, 0.25) is 0 Å². The molecule has 0 aromatic heterocycles. The normalized spacial score (nSPS) is 11.5. The molecule has 0 saturated heterocycles. The lowest BCUT2D eigenvalue weighted by Crippen LogP contribution is -2.37. The van der Waals surface area contributed by atoms with Gasteiger partial charge in [-0.2, -0.15) is 0 Å². The van der Waals surface area contributed by atoms with Gasteiger partial charge in [0.1, 0.15) is 17.2 Å². The molecule has 0 aliphatic rings. The van der Waals surface area contributed by atoms with E-state index in [2.05, 4.69) is 0 Å². The number of benzene rings is 1. The lowest BCUT2D eigenvalue weighted by molar-refractivity contribution is 0.119. The maximum atomic E-state index is 12.7. The first-order chi connectivity index (χ1) is 6.44. The quantitative estimate of drug-likeness (QED) is 0.845. The smallest absolute Gasteiger partial charge is 0.138 e. The lowest BCUT2D eigenvalue weighted by atomic mass is 10.1. The van der Waals surface area contributed by atoms with Gasteiger partial charge in [0.25, 0.3) is 0 Å². The first-order valence-electron chi connectivity index (χ1n) is 4.29. The molecule has 0 atom stereocenters.